The number of hydrogen-bond acceptors (Lipinski definition) is 3. The first-order valence-corrected chi connectivity index (χ1v) is 4.04. The molecule has 0 heterocycles. The first-order valence-electron chi connectivity index (χ1n) is 4.04. The number of nitrogens with one attached hydrogen (secondary N) is 1. The summed E-state index contributed by atoms with van der Waals surface area (Å²) < 4.78 is 0. The van der Waals surface area contributed by atoms with Gasteiger partial charge < -0.3 is 16.2 Å². The molecule has 0 aliphatic rings. The van der Waals surface area contributed by atoms with Gasteiger partial charge in [0.15, 0.2) is 0 Å². The molecule has 14 heavy (non-hydrogen) atoms. The maximum atomic E-state index is 10.9. The van der Waals surface area contributed by atoms with Gasteiger partial charge in [-0.25, -0.2) is 0 Å². The van der Waals surface area contributed by atoms with Crippen LogP contribution in [0.4, 0.5) is 0 Å². The predicted molar refractivity (Wildman–Crippen MR) is 48.2 cm³/mol. The minimum absolute atomic E-state index is 0.0362. The van der Waals surface area contributed by atoms with Crippen LogP contribution in [0, 0.1) is 5.41 Å². The highest BCUT2D eigenvalue weighted by Crippen LogP contribution is 2.11. The Bertz CT molecular complexity index is 260. The summed E-state index contributed by atoms with van der Waals surface area (Å²) in [5, 5.41) is 10.6. The summed E-state index contributed by atoms with van der Waals surface area (Å²) >= 11 is 0. The summed E-state index contributed by atoms with van der Waals surface area (Å²) in [7, 11) is 0. The molecule has 0 radical (unpaired) electrons. The summed E-state index contributed by atoms with van der Waals surface area (Å²) in [4.78, 5) is 31.8. The summed E-state index contributed by atoms with van der Waals surface area (Å²) in [5.74, 6) is -2.39. The second-order valence-electron chi connectivity index (χ2n) is 3.60. The summed E-state index contributed by atoms with van der Waals surface area (Å²) in [6.45, 7) is 3.17. The smallest absolute Gasteiger partial charge is 0.312 e. The number of hydrogen-bond donors (Lipinski definition) is 3. The highest BCUT2D eigenvalue weighted by atomic mass is 16.4. The molecule has 0 aliphatic heterocycles. The van der Waals surface area contributed by atoms with E-state index < -0.39 is 29.6 Å². The first-order chi connectivity index (χ1) is 6.25. The summed E-state index contributed by atoms with van der Waals surface area (Å²) in [6, 6.07) is 0. The summed E-state index contributed by atoms with van der Waals surface area (Å²) in [6.07, 6.45) is -0.602. The van der Waals surface area contributed by atoms with Crippen molar-refractivity contribution >= 4 is 17.8 Å². The second-order valence-corrected chi connectivity index (χ2v) is 3.60. The van der Waals surface area contributed by atoms with Crippen molar-refractivity contribution in [2.24, 2.45) is 11.1 Å². The number of primary amides is 1. The minimum atomic E-state index is -1.21. The van der Waals surface area contributed by atoms with Crippen LogP contribution in [0.1, 0.15) is 20.3 Å². The van der Waals surface area contributed by atoms with E-state index in [2.05, 4.69) is 5.32 Å². The molecule has 0 unspecified atom stereocenters. The van der Waals surface area contributed by atoms with E-state index in [1.165, 1.54) is 0 Å². The Kier molecular flexibility index (Phi) is 4.07. The van der Waals surface area contributed by atoms with Crippen LogP contribution in [0.25, 0.3) is 0 Å². The third-order valence-electron chi connectivity index (χ3n) is 1.71. The van der Waals surface area contributed by atoms with Gasteiger partial charge in [-0.1, -0.05) is 0 Å². The molecule has 6 heteroatoms. The van der Waals surface area contributed by atoms with Gasteiger partial charge in [-0.05, 0) is 13.8 Å². The zero-order valence-electron chi connectivity index (χ0n) is 8.16. The number of carboxylic acid groups (broad SMARTS) is 1. The largest absolute Gasteiger partial charge is 0.481 e. The van der Waals surface area contributed by atoms with Crippen molar-refractivity contribution in [3.8, 4) is 0 Å². The lowest BCUT2D eigenvalue weighted by Crippen LogP contribution is -2.42. The molecule has 4 N–H and O–H groups in total. The third kappa shape index (κ3) is 4.44. The average molecular weight is 202 g/mol. The number of carbonyl (C=O) groups excluding carboxylic acids is 2. The first kappa shape index (κ1) is 12.4. The molecule has 0 saturated heterocycles. The Morgan fingerprint density at radius 3 is 2.21 bits per heavy atom. The number of amides is 2. The fourth-order valence-corrected chi connectivity index (χ4v) is 0.607. The van der Waals surface area contributed by atoms with Gasteiger partial charge in [0, 0.05) is 6.54 Å². The van der Waals surface area contributed by atoms with E-state index in [0.717, 1.165) is 0 Å². The van der Waals surface area contributed by atoms with E-state index >= 15 is 0 Å². The van der Waals surface area contributed by atoms with Gasteiger partial charge >= 0.3 is 5.97 Å². The minimum Gasteiger partial charge on any atom is -0.481 e. The quantitative estimate of drug-likeness (QED) is 0.501. The van der Waals surface area contributed by atoms with Gasteiger partial charge in [-0.2, -0.15) is 0 Å². The molecule has 0 saturated carbocycles. The normalized spacial score (nSPS) is 10.7. The third-order valence-corrected chi connectivity index (χ3v) is 1.71. The SMILES string of the molecule is CC(C)(CNC(=O)CC(=O)O)C(N)=O. The molecular weight excluding hydrogens is 188 g/mol. The standard InChI is InChI=1S/C8H14N2O4/c1-8(2,7(9)14)4-10-5(11)3-6(12)13/h3-4H2,1-2H3,(H2,9,14)(H,10,11)(H,12,13). The highest BCUT2D eigenvalue weighted by molar-refractivity contribution is 5.93. The number of carbonyl (C=O) groups is 3. The molecule has 0 aliphatic carbocycles. The molecule has 0 rings (SSSR count). The maximum Gasteiger partial charge on any atom is 0.312 e. The van der Waals surface area contributed by atoms with Crippen LogP contribution in [0.15, 0.2) is 0 Å². The van der Waals surface area contributed by atoms with Crippen molar-refractivity contribution in [2.75, 3.05) is 6.54 Å². The van der Waals surface area contributed by atoms with Crippen molar-refractivity contribution in [3.05, 3.63) is 0 Å². The predicted octanol–water partition coefficient (Wildman–Crippen LogP) is -0.911. The van der Waals surface area contributed by atoms with Crippen molar-refractivity contribution in [3.63, 3.8) is 0 Å². The van der Waals surface area contributed by atoms with Gasteiger partial charge in [0.05, 0.1) is 5.41 Å². The van der Waals surface area contributed by atoms with Crippen LogP contribution >= 0.6 is 0 Å². The van der Waals surface area contributed by atoms with Gasteiger partial charge in [0.2, 0.25) is 11.8 Å². The molecule has 0 aromatic heterocycles. The van der Waals surface area contributed by atoms with E-state index in [1.54, 1.807) is 13.8 Å². The van der Waals surface area contributed by atoms with Crippen LogP contribution in [-0.4, -0.2) is 29.4 Å². The van der Waals surface area contributed by atoms with Crippen LogP contribution in [0.2, 0.25) is 0 Å². The monoisotopic (exact) mass is 202 g/mol. The zero-order valence-corrected chi connectivity index (χ0v) is 8.16. The Morgan fingerprint density at radius 2 is 1.86 bits per heavy atom. The van der Waals surface area contributed by atoms with Crippen molar-refractivity contribution in [1.82, 2.24) is 5.32 Å². The topological polar surface area (TPSA) is 109 Å². The Balaban J connectivity index is 4.00. The Morgan fingerprint density at radius 1 is 1.36 bits per heavy atom. The van der Waals surface area contributed by atoms with Crippen LogP contribution in [0.3, 0.4) is 0 Å². The van der Waals surface area contributed by atoms with E-state index in [0.29, 0.717) is 0 Å². The lowest BCUT2D eigenvalue weighted by molar-refractivity contribution is -0.140. The highest BCUT2D eigenvalue weighted by Gasteiger charge is 2.25. The van der Waals surface area contributed by atoms with Gasteiger partial charge in [-0.15, -0.1) is 0 Å². The molecule has 2 amide bonds. The molecule has 0 aromatic carbocycles. The molecule has 0 aromatic rings. The van der Waals surface area contributed by atoms with E-state index in [9.17, 15) is 14.4 Å². The molecule has 0 atom stereocenters. The molecule has 0 fully saturated rings. The molecule has 80 valence electrons. The van der Waals surface area contributed by atoms with Crippen LogP contribution < -0.4 is 11.1 Å². The average Bonchev–Trinajstić information content (AvgIpc) is 1.99. The zero-order chi connectivity index (χ0) is 11.4. The van der Waals surface area contributed by atoms with Crippen molar-refractivity contribution in [2.45, 2.75) is 20.3 Å². The molecular formula is C8H14N2O4. The lowest BCUT2D eigenvalue weighted by atomic mass is 9.93. The number of nitrogens with two attached hydrogens (primary N) is 1. The second kappa shape index (κ2) is 4.59. The van der Waals surface area contributed by atoms with E-state index in [-0.39, 0.29) is 6.54 Å². The van der Waals surface area contributed by atoms with E-state index in [1.807, 2.05) is 0 Å². The Labute approximate surface area is 81.5 Å². The van der Waals surface area contributed by atoms with Gasteiger partial charge in [-0.3, -0.25) is 14.4 Å². The van der Waals surface area contributed by atoms with Crippen LogP contribution in [-0.2, 0) is 14.4 Å². The van der Waals surface area contributed by atoms with Crippen LogP contribution in [0.5, 0.6) is 0 Å². The molecule has 6 nitrogen and oxygen atoms in total. The van der Waals surface area contributed by atoms with E-state index in [4.69, 9.17) is 10.8 Å². The maximum absolute atomic E-state index is 10.9. The number of aliphatic carboxylic acids is 1. The molecule has 0 bridgehead atoms. The Hall–Kier alpha value is -1.59. The van der Waals surface area contributed by atoms with Gasteiger partial charge in [0.1, 0.15) is 6.42 Å². The van der Waals surface area contributed by atoms with Crippen molar-refractivity contribution in [1.29, 1.82) is 0 Å². The van der Waals surface area contributed by atoms with Crippen molar-refractivity contribution < 1.29 is 19.5 Å². The fraction of sp³-hybridized carbons (Fsp3) is 0.625. The lowest BCUT2D eigenvalue weighted by Gasteiger charge is -2.20. The number of carboxylic acids is 1. The molecule has 0 spiro atoms. The fourth-order valence-electron chi connectivity index (χ4n) is 0.607. The summed E-state index contributed by atoms with van der Waals surface area (Å²) in [5.41, 5.74) is 4.18. The number of rotatable bonds is 5. The van der Waals surface area contributed by atoms with Gasteiger partial charge in [0.25, 0.3) is 0 Å².